The first kappa shape index (κ1) is 24.2. The molecule has 11 heteroatoms. The smallest absolute Gasteiger partial charge is 0.339 e. The average molecular weight is 460 g/mol. The summed E-state index contributed by atoms with van der Waals surface area (Å²) in [7, 11) is 0. The van der Waals surface area contributed by atoms with Gasteiger partial charge in [-0.25, -0.2) is 9.78 Å². The van der Waals surface area contributed by atoms with Crippen molar-refractivity contribution >= 4 is 23.2 Å². The van der Waals surface area contributed by atoms with E-state index >= 15 is 0 Å². The molecule has 33 heavy (non-hydrogen) atoms. The van der Waals surface area contributed by atoms with Gasteiger partial charge in [-0.2, -0.15) is 6.42 Å². The maximum Gasteiger partial charge on any atom is 0.339 e. The number of nitrogens with two attached hydrogens (primary N) is 2. The molecule has 0 spiro atoms. The quantitative estimate of drug-likeness (QED) is 0.154. The van der Waals surface area contributed by atoms with Gasteiger partial charge >= 0.3 is 5.97 Å². The lowest BCUT2D eigenvalue weighted by atomic mass is 10.1. The number of carbonyl (C=O) groups excluding carboxylic acids is 1. The van der Waals surface area contributed by atoms with Crippen molar-refractivity contribution in [3.8, 4) is 5.75 Å². The number of rotatable bonds is 10. The third-order valence-corrected chi connectivity index (χ3v) is 5.29. The van der Waals surface area contributed by atoms with Crippen molar-refractivity contribution in [1.82, 2.24) is 4.98 Å². The SMILES string of the molecule is CCOC(=O)c1ccc(N2CC[CH-]CC2[NH2+]C[C@H](O)COc2cccc([N+](=O)[O-])c2N)nc1. The number of pyridine rings is 1. The molecule has 0 amide bonds. The van der Waals surface area contributed by atoms with Crippen LogP contribution in [0.15, 0.2) is 36.5 Å². The van der Waals surface area contributed by atoms with Crippen LogP contribution in [0.5, 0.6) is 5.75 Å². The minimum atomic E-state index is -0.813. The van der Waals surface area contributed by atoms with Gasteiger partial charge in [-0.1, -0.05) is 6.07 Å². The topological polar surface area (TPSA) is 158 Å². The number of quaternary nitrogens is 1. The van der Waals surface area contributed by atoms with Crippen molar-refractivity contribution in [1.29, 1.82) is 0 Å². The Bertz CT molecular complexity index is 955. The molecule has 0 radical (unpaired) electrons. The van der Waals surface area contributed by atoms with E-state index in [2.05, 4.69) is 16.3 Å². The van der Waals surface area contributed by atoms with Crippen LogP contribution < -0.4 is 20.7 Å². The number of hydrogen-bond donors (Lipinski definition) is 3. The van der Waals surface area contributed by atoms with Crippen LogP contribution in [0.3, 0.4) is 0 Å². The van der Waals surface area contributed by atoms with E-state index in [1.54, 1.807) is 19.1 Å². The van der Waals surface area contributed by atoms with Crippen molar-refractivity contribution in [2.75, 3.05) is 36.9 Å². The Morgan fingerprint density at radius 3 is 2.97 bits per heavy atom. The maximum atomic E-state index is 11.8. The van der Waals surface area contributed by atoms with Crippen molar-refractivity contribution in [3.05, 3.63) is 58.6 Å². The molecule has 1 saturated heterocycles. The molecule has 1 fully saturated rings. The Kier molecular flexibility index (Phi) is 8.39. The fourth-order valence-electron chi connectivity index (χ4n) is 3.60. The van der Waals surface area contributed by atoms with Gasteiger partial charge in [0.2, 0.25) is 0 Å². The number of carbonyl (C=O) groups is 1. The summed E-state index contributed by atoms with van der Waals surface area (Å²) < 4.78 is 10.5. The molecular weight excluding hydrogens is 430 g/mol. The van der Waals surface area contributed by atoms with Crippen molar-refractivity contribution in [3.63, 3.8) is 0 Å². The molecule has 5 N–H and O–H groups in total. The third kappa shape index (κ3) is 6.30. The van der Waals surface area contributed by atoms with E-state index < -0.39 is 17.0 Å². The highest BCUT2D eigenvalue weighted by Gasteiger charge is 2.24. The summed E-state index contributed by atoms with van der Waals surface area (Å²) in [5, 5.41) is 23.4. The molecule has 2 heterocycles. The van der Waals surface area contributed by atoms with Crippen LogP contribution in [0.4, 0.5) is 17.2 Å². The van der Waals surface area contributed by atoms with E-state index in [-0.39, 0.29) is 29.9 Å². The van der Waals surface area contributed by atoms with Crippen molar-refractivity contribution in [2.24, 2.45) is 0 Å². The molecule has 11 nitrogen and oxygen atoms in total. The van der Waals surface area contributed by atoms with Crippen LogP contribution >= 0.6 is 0 Å². The summed E-state index contributed by atoms with van der Waals surface area (Å²) >= 11 is 0. The predicted octanol–water partition coefficient (Wildman–Crippen LogP) is 0.883. The standard InChI is InChI=1S/C22H28N5O6/c1-2-32-22(29)15-9-10-20(24-12-15)26-11-4-3-8-19(26)25-13-16(28)14-33-18-7-5-6-17(21(18)23)27(30)31/h3,5-7,9-10,12,16,19,25,28H,2,4,8,11,13-14,23H2,1H3/q-1/p+1/t16-,19?/m0/s1. The van der Waals surface area contributed by atoms with Crippen LogP contribution in [-0.4, -0.2) is 59.6 Å². The van der Waals surface area contributed by atoms with Gasteiger partial charge in [0.15, 0.2) is 5.69 Å². The molecule has 0 aliphatic carbocycles. The molecule has 3 rings (SSSR count). The molecule has 2 atom stereocenters. The maximum absolute atomic E-state index is 11.8. The lowest BCUT2D eigenvalue weighted by molar-refractivity contribution is -0.694. The van der Waals surface area contributed by atoms with Gasteiger partial charge in [0.05, 0.1) is 17.1 Å². The Morgan fingerprint density at radius 1 is 1.45 bits per heavy atom. The van der Waals surface area contributed by atoms with E-state index in [9.17, 15) is 20.0 Å². The molecule has 1 aliphatic rings. The fourth-order valence-corrected chi connectivity index (χ4v) is 3.60. The van der Waals surface area contributed by atoms with Crippen LogP contribution in [-0.2, 0) is 4.74 Å². The average Bonchev–Trinajstić information content (AvgIpc) is 2.82. The van der Waals surface area contributed by atoms with E-state index in [4.69, 9.17) is 15.2 Å². The highest BCUT2D eigenvalue weighted by atomic mass is 16.6. The first-order chi connectivity index (χ1) is 15.9. The molecule has 0 saturated carbocycles. The second kappa shape index (κ2) is 11.4. The summed E-state index contributed by atoms with van der Waals surface area (Å²) in [6, 6.07) is 7.80. The minimum Gasteiger partial charge on any atom is -0.488 e. The number of esters is 1. The molecule has 178 valence electrons. The zero-order valence-electron chi connectivity index (χ0n) is 18.4. The van der Waals surface area contributed by atoms with Crippen LogP contribution in [0.2, 0.25) is 0 Å². The largest absolute Gasteiger partial charge is 0.488 e. The summed E-state index contributed by atoms with van der Waals surface area (Å²) in [6.45, 7) is 3.13. The summed E-state index contributed by atoms with van der Waals surface area (Å²) in [5.41, 5.74) is 5.89. The molecular formula is C22H29N5O6. The number of aliphatic hydroxyl groups is 1. The van der Waals surface area contributed by atoms with Crippen molar-refractivity contribution in [2.45, 2.75) is 32.0 Å². The number of aliphatic hydroxyl groups excluding tert-OH is 1. The lowest BCUT2D eigenvalue weighted by Crippen LogP contribution is -2.95. The summed E-state index contributed by atoms with van der Waals surface area (Å²) in [5.74, 6) is 0.508. The number of nitro groups is 1. The summed E-state index contributed by atoms with van der Waals surface area (Å²) in [6.07, 6.45) is 4.62. The number of piperidine rings is 1. The highest BCUT2D eigenvalue weighted by molar-refractivity contribution is 5.89. The Balaban J connectivity index is 1.55. The Labute approximate surface area is 191 Å². The number of ether oxygens (including phenoxy) is 2. The molecule has 0 bridgehead atoms. The number of para-hydroxylation sites is 1. The van der Waals surface area contributed by atoms with Crippen LogP contribution in [0.1, 0.15) is 30.1 Å². The van der Waals surface area contributed by atoms with Gasteiger partial charge in [-0.3, -0.25) is 10.1 Å². The molecule has 1 aliphatic heterocycles. The van der Waals surface area contributed by atoms with Gasteiger partial charge in [0.25, 0.3) is 5.69 Å². The number of benzene rings is 1. The van der Waals surface area contributed by atoms with Crippen molar-refractivity contribution < 1.29 is 29.6 Å². The summed E-state index contributed by atoms with van der Waals surface area (Å²) in [4.78, 5) is 28.8. The number of nitrogens with zero attached hydrogens (tertiary/aromatic N) is 3. The van der Waals surface area contributed by atoms with Gasteiger partial charge in [-0.05, 0) is 31.7 Å². The van der Waals surface area contributed by atoms with Gasteiger partial charge in [0, 0.05) is 12.3 Å². The van der Waals surface area contributed by atoms with Crippen LogP contribution in [0.25, 0.3) is 0 Å². The van der Waals surface area contributed by atoms with Gasteiger partial charge in [-0.15, -0.1) is 6.42 Å². The molecule has 1 unspecified atom stereocenters. The van der Waals surface area contributed by atoms with E-state index in [0.717, 1.165) is 25.2 Å². The zero-order valence-corrected chi connectivity index (χ0v) is 18.4. The zero-order chi connectivity index (χ0) is 23.8. The molecule has 1 aromatic heterocycles. The lowest BCUT2D eigenvalue weighted by Gasteiger charge is -2.39. The number of anilines is 2. The number of hydrogen-bond acceptors (Lipinski definition) is 9. The number of nitrogen functional groups attached to an aromatic ring is 1. The second-order valence-electron chi connectivity index (χ2n) is 7.58. The van der Waals surface area contributed by atoms with E-state index in [1.807, 2.05) is 5.32 Å². The predicted molar refractivity (Wildman–Crippen MR) is 121 cm³/mol. The minimum absolute atomic E-state index is 0.0252. The van der Waals surface area contributed by atoms with E-state index in [1.165, 1.54) is 24.4 Å². The molecule has 1 aromatic carbocycles. The fraction of sp³-hybridized carbons (Fsp3) is 0.409. The normalized spacial score (nSPS) is 16.8. The van der Waals surface area contributed by atoms with E-state index in [0.29, 0.717) is 18.7 Å². The Morgan fingerprint density at radius 2 is 2.27 bits per heavy atom. The second-order valence-corrected chi connectivity index (χ2v) is 7.58. The first-order valence-corrected chi connectivity index (χ1v) is 10.8. The third-order valence-electron chi connectivity index (χ3n) is 5.29. The monoisotopic (exact) mass is 459 g/mol. The number of aromatic nitrogens is 1. The van der Waals surface area contributed by atoms with Gasteiger partial charge < -0.3 is 37.0 Å². The Hall–Kier alpha value is -3.44. The molecule has 2 aromatic rings. The number of nitro benzene ring substituents is 1. The van der Waals surface area contributed by atoms with Gasteiger partial charge in [0.1, 0.15) is 37.0 Å². The first-order valence-electron chi connectivity index (χ1n) is 10.8. The highest BCUT2D eigenvalue weighted by Crippen LogP contribution is 2.30. The van der Waals surface area contributed by atoms with Crippen LogP contribution in [0, 0.1) is 16.5 Å².